The molecule has 176 valence electrons. The number of hydrogen-bond donors (Lipinski definition) is 1. The van der Waals surface area contributed by atoms with Crippen molar-refractivity contribution in [3.8, 4) is 0 Å². The summed E-state index contributed by atoms with van der Waals surface area (Å²) in [6, 6.07) is 9.02. The van der Waals surface area contributed by atoms with Gasteiger partial charge in [-0.25, -0.2) is 4.79 Å². The lowest BCUT2D eigenvalue weighted by atomic mass is 9.96. The topological polar surface area (TPSA) is 88.2 Å². The molecule has 3 rings (SSSR count). The zero-order valence-electron chi connectivity index (χ0n) is 19.5. The van der Waals surface area contributed by atoms with Crippen LogP contribution < -0.4 is 5.32 Å². The normalized spacial score (nSPS) is 24.2. The third-order valence-electron chi connectivity index (χ3n) is 5.78. The molecule has 3 amide bonds. The Balaban J connectivity index is 1.64. The third kappa shape index (κ3) is 6.45. The predicted octanol–water partition coefficient (Wildman–Crippen LogP) is 2.57. The highest BCUT2D eigenvalue weighted by molar-refractivity contribution is 5.89. The van der Waals surface area contributed by atoms with Crippen LogP contribution in [0.3, 0.4) is 0 Å². The number of ether oxygens (including phenoxy) is 2. The van der Waals surface area contributed by atoms with Crippen LogP contribution in [0, 0.1) is 5.92 Å². The minimum Gasteiger partial charge on any atom is -0.444 e. The van der Waals surface area contributed by atoms with Gasteiger partial charge in [-0.3, -0.25) is 9.59 Å². The van der Waals surface area contributed by atoms with Crippen LogP contribution in [0.1, 0.15) is 46.1 Å². The van der Waals surface area contributed by atoms with E-state index < -0.39 is 17.7 Å². The maximum Gasteiger partial charge on any atom is 0.407 e. The van der Waals surface area contributed by atoms with Gasteiger partial charge in [0, 0.05) is 26.2 Å². The van der Waals surface area contributed by atoms with Gasteiger partial charge in [-0.15, -0.1) is 0 Å². The number of hydrogen-bond acceptors (Lipinski definition) is 5. The van der Waals surface area contributed by atoms with E-state index in [0.717, 1.165) is 18.4 Å². The molecule has 0 spiro atoms. The zero-order chi connectivity index (χ0) is 23.3. The standard InChI is InChI=1S/C24H35N3O5/c1-17-21(27(20(28)16-31-17)15-18-9-6-5-7-10-18)22(29)26-12-8-11-19(14-26)13-25-23(30)32-24(2,3)4/h5-7,9-10,17,19,21H,8,11-16H2,1-4H3,(H,25,30)/t17?,19-,21-/m0/s1. The molecule has 1 N–H and O–H groups in total. The fourth-order valence-electron chi connectivity index (χ4n) is 4.25. The molecule has 1 unspecified atom stereocenters. The number of piperidine rings is 1. The maximum atomic E-state index is 13.5. The maximum absolute atomic E-state index is 13.5. The smallest absolute Gasteiger partial charge is 0.407 e. The van der Waals surface area contributed by atoms with Gasteiger partial charge in [-0.2, -0.15) is 0 Å². The van der Waals surface area contributed by atoms with E-state index in [4.69, 9.17) is 9.47 Å². The second-order valence-corrected chi connectivity index (χ2v) is 9.64. The number of carbonyl (C=O) groups excluding carboxylic acids is 3. The molecule has 1 aromatic rings. The molecule has 3 atom stereocenters. The summed E-state index contributed by atoms with van der Waals surface area (Å²) < 4.78 is 10.9. The van der Waals surface area contributed by atoms with E-state index in [9.17, 15) is 14.4 Å². The lowest BCUT2D eigenvalue weighted by molar-refractivity contribution is -0.168. The van der Waals surface area contributed by atoms with Crippen molar-refractivity contribution >= 4 is 17.9 Å². The van der Waals surface area contributed by atoms with Gasteiger partial charge in [0.1, 0.15) is 18.2 Å². The molecule has 32 heavy (non-hydrogen) atoms. The Morgan fingerprint density at radius 1 is 1.22 bits per heavy atom. The molecule has 2 heterocycles. The SMILES string of the molecule is CC1OCC(=O)N(Cc2ccccc2)[C@@H]1C(=O)N1CCC[C@@H](CNC(=O)OC(C)(C)C)C1. The second kappa shape index (κ2) is 10.3. The first-order chi connectivity index (χ1) is 15.1. The highest BCUT2D eigenvalue weighted by Crippen LogP contribution is 2.24. The van der Waals surface area contributed by atoms with Crippen LogP contribution >= 0.6 is 0 Å². The van der Waals surface area contributed by atoms with Crippen molar-refractivity contribution in [1.82, 2.24) is 15.1 Å². The van der Waals surface area contributed by atoms with Crippen molar-refractivity contribution in [3.05, 3.63) is 35.9 Å². The number of rotatable bonds is 5. The average Bonchev–Trinajstić information content (AvgIpc) is 2.74. The third-order valence-corrected chi connectivity index (χ3v) is 5.78. The second-order valence-electron chi connectivity index (χ2n) is 9.64. The molecule has 0 saturated carbocycles. The Morgan fingerprint density at radius 2 is 1.94 bits per heavy atom. The van der Waals surface area contributed by atoms with Crippen molar-refractivity contribution in [1.29, 1.82) is 0 Å². The van der Waals surface area contributed by atoms with E-state index in [1.807, 2.05) is 62.9 Å². The largest absolute Gasteiger partial charge is 0.444 e. The number of benzene rings is 1. The van der Waals surface area contributed by atoms with E-state index in [1.54, 1.807) is 4.90 Å². The lowest BCUT2D eigenvalue weighted by Gasteiger charge is -2.42. The predicted molar refractivity (Wildman–Crippen MR) is 120 cm³/mol. The van der Waals surface area contributed by atoms with Crippen LogP contribution in [0.2, 0.25) is 0 Å². The number of nitrogens with one attached hydrogen (secondary N) is 1. The summed E-state index contributed by atoms with van der Waals surface area (Å²) in [5, 5.41) is 2.82. The van der Waals surface area contributed by atoms with Crippen molar-refractivity contribution in [2.75, 3.05) is 26.2 Å². The molecule has 0 radical (unpaired) electrons. The number of morpholine rings is 1. The van der Waals surface area contributed by atoms with Gasteiger partial charge < -0.3 is 24.6 Å². The van der Waals surface area contributed by atoms with Crippen LogP contribution in [-0.4, -0.2) is 71.7 Å². The molecular formula is C24H35N3O5. The molecule has 2 aliphatic heterocycles. The summed E-state index contributed by atoms with van der Waals surface area (Å²) in [6.45, 7) is 9.29. The van der Waals surface area contributed by atoms with Crippen LogP contribution in [-0.2, 0) is 25.6 Å². The summed E-state index contributed by atoms with van der Waals surface area (Å²) in [5.74, 6) is -0.132. The van der Waals surface area contributed by atoms with Gasteiger partial charge in [-0.05, 0) is 52.0 Å². The summed E-state index contributed by atoms with van der Waals surface area (Å²) >= 11 is 0. The lowest BCUT2D eigenvalue weighted by Crippen LogP contribution is -2.61. The number of nitrogens with zero attached hydrogens (tertiary/aromatic N) is 2. The Bertz CT molecular complexity index is 808. The minimum absolute atomic E-state index is 0.0137. The molecule has 2 saturated heterocycles. The van der Waals surface area contributed by atoms with Crippen molar-refractivity contribution in [3.63, 3.8) is 0 Å². The summed E-state index contributed by atoms with van der Waals surface area (Å²) in [4.78, 5) is 41.6. The average molecular weight is 446 g/mol. The first kappa shape index (κ1) is 24.0. The summed E-state index contributed by atoms with van der Waals surface area (Å²) in [5.41, 5.74) is 0.427. The van der Waals surface area contributed by atoms with Gasteiger partial charge in [0.15, 0.2) is 0 Å². The summed E-state index contributed by atoms with van der Waals surface area (Å²) in [6.07, 6.45) is 0.934. The molecule has 0 bridgehead atoms. The number of alkyl carbamates (subject to hydrolysis) is 1. The Morgan fingerprint density at radius 3 is 2.62 bits per heavy atom. The van der Waals surface area contributed by atoms with Crippen LogP contribution in [0.5, 0.6) is 0 Å². The van der Waals surface area contributed by atoms with Gasteiger partial charge in [-0.1, -0.05) is 30.3 Å². The van der Waals surface area contributed by atoms with E-state index in [1.165, 1.54) is 0 Å². The Kier molecular flexibility index (Phi) is 7.77. The number of carbonyl (C=O) groups is 3. The molecule has 0 aromatic heterocycles. The first-order valence-corrected chi connectivity index (χ1v) is 11.3. The Hall–Kier alpha value is -2.61. The molecular weight excluding hydrogens is 410 g/mol. The molecule has 1 aromatic carbocycles. The van der Waals surface area contributed by atoms with E-state index in [0.29, 0.717) is 26.2 Å². The monoisotopic (exact) mass is 445 g/mol. The fraction of sp³-hybridized carbons (Fsp3) is 0.625. The van der Waals surface area contributed by atoms with Gasteiger partial charge in [0.25, 0.3) is 0 Å². The fourth-order valence-corrected chi connectivity index (χ4v) is 4.25. The van der Waals surface area contributed by atoms with E-state index in [2.05, 4.69) is 5.32 Å². The number of amides is 3. The summed E-state index contributed by atoms with van der Waals surface area (Å²) in [7, 11) is 0. The quantitative estimate of drug-likeness (QED) is 0.753. The van der Waals surface area contributed by atoms with Crippen molar-refractivity contribution in [2.24, 2.45) is 5.92 Å². The molecule has 8 nitrogen and oxygen atoms in total. The highest BCUT2D eigenvalue weighted by Gasteiger charge is 2.42. The zero-order valence-corrected chi connectivity index (χ0v) is 19.5. The van der Waals surface area contributed by atoms with Crippen molar-refractivity contribution < 1.29 is 23.9 Å². The molecule has 2 fully saturated rings. The van der Waals surface area contributed by atoms with Crippen molar-refractivity contribution in [2.45, 2.75) is 64.8 Å². The van der Waals surface area contributed by atoms with Gasteiger partial charge in [0.05, 0.1) is 6.10 Å². The van der Waals surface area contributed by atoms with E-state index in [-0.39, 0.29) is 30.4 Å². The molecule has 0 aliphatic carbocycles. The Labute approximate surface area is 190 Å². The minimum atomic E-state index is -0.658. The molecule has 2 aliphatic rings. The van der Waals surface area contributed by atoms with Gasteiger partial charge in [0.2, 0.25) is 11.8 Å². The van der Waals surface area contributed by atoms with Crippen LogP contribution in [0.4, 0.5) is 4.79 Å². The van der Waals surface area contributed by atoms with Gasteiger partial charge >= 0.3 is 6.09 Å². The first-order valence-electron chi connectivity index (χ1n) is 11.3. The van der Waals surface area contributed by atoms with Crippen LogP contribution in [0.25, 0.3) is 0 Å². The van der Waals surface area contributed by atoms with Crippen LogP contribution in [0.15, 0.2) is 30.3 Å². The van der Waals surface area contributed by atoms with E-state index >= 15 is 0 Å². The highest BCUT2D eigenvalue weighted by atomic mass is 16.6. The molecule has 8 heteroatoms. The number of likely N-dealkylation sites (tertiary alicyclic amines) is 1.